The maximum Gasteiger partial charge on any atom is 0.458 e. The Morgan fingerprint density at radius 1 is 2.00 bits per heavy atom. The van der Waals surface area contributed by atoms with Gasteiger partial charge in [-0.1, -0.05) is 0 Å². The second-order valence-electron chi connectivity index (χ2n) is 0.305. The van der Waals surface area contributed by atoms with Gasteiger partial charge in [0.25, 0.3) is 0 Å². The molecule has 0 fully saturated rings. The normalized spacial score (nSPS) is 6.25. The molecule has 0 amide bonds. The molecule has 21 valence electrons. The van der Waals surface area contributed by atoms with Gasteiger partial charge in [-0.3, -0.25) is 0 Å². The molecule has 0 aliphatic heterocycles. The number of rotatable bonds is 0. The molecule has 0 saturated carbocycles. The molecule has 0 bridgehead atoms. The Labute approximate surface area is 28.5 Å². The molecule has 4 heteroatoms. The molecule has 0 aliphatic carbocycles. The van der Waals surface area contributed by atoms with Gasteiger partial charge in [0.15, 0.2) is 9.76 Å². The monoisotopic (exact) mass is 89.0 g/mol. The van der Waals surface area contributed by atoms with Gasteiger partial charge in [-0.2, -0.15) is 0 Å². The van der Waals surface area contributed by atoms with Gasteiger partial charge in [0.05, 0.1) is 0 Å². The summed E-state index contributed by atoms with van der Waals surface area (Å²) in [5.74, 6) is 0. The molecule has 0 aromatic heterocycles. The summed E-state index contributed by atoms with van der Waals surface area (Å²) >= 11 is 0. The van der Waals surface area contributed by atoms with Crippen LogP contribution < -0.4 is 0 Å². The first kappa shape index (κ1) is 4.03. The van der Waals surface area contributed by atoms with E-state index in [1.165, 1.54) is 0 Å². The molecule has 0 heterocycles. The highest BCUT2D eigenvalue weighted by Gasteiger charge is 1.76. The van der Waals surface area contributed by atoms with Crippen molar-refractivity contribution in [3.8, 4) is 0 Å². The molecule has 3 radical (unpaired) electrons. The van der Waals surface area contributed by atoms with Gasteiger partial charge in [0, 0.05) is 0 Å². The smallest absolute Gasteiger partial charge is 0.458 e. The zero-order valence-electron chi connectivity index (χ0n) is 1.86. The highest BCUT2D eigenvalue weighted by atomic mass is 29.1. The van der Waals surface area contributed by atoms with Crippen molar-refractivity contribution in [2.24, 2.45) is 0 Å². The van der Waals surface area contributed by atoms with Gasteiger partial charge in [-0.05, 0) is 0 Å². The third-order valence-electron chi connectivity index (χ3n) is 0. The third kappa shape index (κ3) is 1910. The van der Waals surface area contributed by atoms with E-state index in [1.54, 1.807) is 0 Å². The Morgan fingerprint density at radius 2 is 2.00 bits per heavy atom. The topological polar surface area (TPSA) is 37.3 Å². The largest absolute Gasteiger partial charge is 0.543 e. The van der Waals surface area contributed by atoms with Gasteiger partial charge >= 0.3 is 8.44 Å². The first-order valence-corrected chi connectivity index (χ1v) is 3.53. The van der Waals surface area contributed by atoms with Crippen LogP contribution in [0.15, 0.2) is 0 Å². The zero-order valence-corrected chi connectivity index (χ0v) is 3.86. The van der Waals surface area contributed by atoms with E-state index in [1.807, 2.05) is 0 Å². The Kier molecular flexibility index (Phi) is 1.37. The van der Waals surface area contributed by atoms with E-state index >= 15 is 0 Å². The highest BCUT2D eigenvalue weighted by Crippen LogP contribution is 1.25. The van der Waals surface area contributed by atoms with Crippen LogP contribution in [0.4, 0.5) is 0 Å². The van der Waals surface area contributed by atoms with Crippen molar-refractivity contribution in [2.75, 3.05) is 0 Å². The summed E-state index contributed by atoms with van der Waals surface area (Å²) in [5, 5.41) is 0. The van der Waals surface area contributed by atoms with E-state index in [9.17, 15) is 0 Å². The van der Waals surface area contributed by atoms with Crippen molar-refractivity contribution < 1.29 is 9.26 Å². The van der Waals surface area contributed by atoms with Crippen LogP contribution in [0.5, 0.6) is 0 Å². The molecule has 0 atom stereocenters. The first-order chi connectivity index (χ1) is 1.73. The quantitative estimate of drug-likeness (QED) is 0.369. The standard InChI is InChI=1S/HO2Si2/c1-4(2)3/h1H. The van der Waals surface area contributed by atoms with Crippen molar-refractivity contribution in [3.63, 3.8) is 0 Å². The van der Waals surface area contributed by atoms with Crippen LogP contribution in [0.1, 0.15) is 0 Å². The van der Waals surface area contributed by atoms with Crippen LogP contribution in [0, 0.1) is 0 Å². The van der Waals surface area contributed by atoms with Crippen molar-refractivity contribution in [1.82, 2.24) is 0 Å². The average Bonchev–Trinajstić information content (AvgIpc) is 0.811. The third-order valence-corrected chi connectivity index (χ3v) is 0. The van der Waals surface area contributed by atoms with Crippen molar-refractivity contribution >= 4 is 18.2 Å². The lowest BCUT2D eigenvalue weighted by Crippen LogP contribution is -1.92. The van der Waals surface area contributed by atoms with E-state index in [0.29, 0.717) is 0 Å². The van der Waals surface area contributed by atoms with Gasteiger partial charge in [-0.25, -0.2) is 0 Å². The predicted molar refractivity (Wildman–Crippen MR) is 14.4 cm³/mol. The fourth-order valence-corrected chi connectivity index (χ4v) is 0. The first-order valence-electron chi connectivity index (χ1n) is 0.678. The summed E-state index contributed by atoms with van der Waals surface area (Å²) < 4.78 is 9.10. The SMILES string of the molecule is O=[Si](O)[Si]. The molecule has 0 aliphatic rings. The van der Waals surface area contributed by atoms with Gasteiger partial charge in [0.1, 0.15) is 0 Å². The molecule has 0 aromatic carbocycles. The van der Waals surface area contributed by atoms with Crippen LogP contribution >= 0.6 is 0 Å². The molecule has 0 rings (SSSR count). The summed E-state index contributed by atoms with van der Waals surface area (Å²) in [6.45, 7) is 0. The molecule has 0 aromatic rings. The molecule has 0 unspecified atom stereocenters. The molecule has 2 nitrogen and oxygen atoms in total. The maximum absolute atomic E-state index is 9.10. The molecule has 0 saturated heterocycles. The molecule has 0 spiro atoms. The summed E-state index contributed by atoms with van der Waals surface area (Å²) in [4.78, 5) is 7.52. The lowest BCUT2D eigenvalue weighted by molar-refractivity contribution is 0.469. The zero-order chi connectivity index (χ0) is 3.58. The maximum atomic E-state index is 9.10. The fourth-order valence-electron chi connectivity index (χ4n) is 0. The van der Waals surface area contributed by atoms with Gasteiger partial charge in [-0.15, -0.1) is 0 Å². The van der Waals surface area contributed by atoms with Crippen molar-refractivity contribution in [2.45, 2.75) is 0 Å². The summed E-state index contributed by atoms with van der Waals surface area (Å²) in [6, 6.07) is 0. The lowest BCUT2D eigenvalue weighted by atomic mass is 15.9. The molecule has 4 heavy (non-hydrogen) atoms. The second-order valence-corrected chi connectivity index (χ2v) is 2.20. The van der Waals surface area contributed by atoms with E-state index in [4.69, 9.17) is 9.26 Å². The van der Waals surface area contributed by atoms with E-state index < -0.39 is 8.44 Å². The van der Waals surface area contributed by atoms with E-state index in [0.717, 1.165) is 0 Å². The Bertz CT molecular complexity index is 27.0. The van der Waals surface area contributed by atoms with Crippen LogP contribution in [-0.2, 0) is 4.46 Å². The van der Waals surface area contributed by atoms with Crippen molar-refractivity contribution in [3.05, 3.63) is 0 Å². The summed E-state index contributed by atoms with van der Waals surface area (Å²) in [5.41, 5.74) is 0. The Balaban J connectivity index is 2.80. The van der Waals surface area contributed by atoms with Crippen LogP contribution in [0.2, 0.25) is 0 Å². The lowest BCUT2D eigenvalue weighted by Gasteiger charge is -1.54. The summed E-state index contributed by atoms with van der Waals surface area (Å²) in [6.07, 6.45) is 0. The second kappa shape index (κ2) is 1.36. The fraction of sp³-hybridized carbons (Fsp3) is 0. The van der Waals surface area contributed by atoms with Gasteiger partial charge < -0.3 is 9.26 Å². The summed E-state index contributed by atoms with van der Waals surface area (Å²) in [7, 11) is 0.0895. The van der Waals surface area contributed by atoms with Crippen LogP contribution in [-0.4, -0.2) is 23.0 Å². The number of hydrogen-bond donors (Lipinski definition) is 1. The molecular formula is HO2Si2. The highest BCUT2D eigenvalue weighted by molar-refractivity contribution is 6.88. The minimum atomic E-state index is -2.32. The predicted octanol–water partition coefficient (Wildman–Crippen LogP) is -1.44. The van der Waals surface area contributed by atoms with Gasteiger partial charge in [0.2, 0.25) is 0 Å². The number of hydrogen-bond acceptors (Lipinski definition) is 1. The van der Waals surface area contributed by atoms with E-state index in [2.05, 4.69) is 9.76 Å². The molecular weight excluding hydrogens is 88.2 g/mol. The van der Waals surface area contributed by atoms with Crippen LogP contribution in [0.25, 0.3) is 0 Å². The minimum Gasteiger partial charge on any atom is -0.543 e. The average molecular weight is 89.2 g/mol. The Hall–Kier alpha value is 0.0338. The Morgan fingerprint density at radius 3 is 2.00 bits per heavy atom. The minimum absolute atomic E-state index is 2.32. The van der Waals surface area contributed by atoms with Crippen molar-refractivity contribution in [1.29, 1.82) is 0 Å². The van der Waals surface area contributed by atoms with E-state index in [-0.39, 0.29) is 0 Å². The molecule has 1 N–H and O–H groups in total. The van der Waals surface area contributed by atoms with Crippen LogP contribution in [0.3, 0.4) is 0 Å².